The van der Waals surface area contributed by atoms with E-state index < -0.39 is 0 Å². The minimum atomic E-state index is 0.00201. The highest BCUT2D eigenvalue weighted by atomic mass is 16.3. The second-order valence-electron chi connectivity index (χ2n) is 5.35. The third-order valence-corrected chi connectivity index (χ3v) is 2.24. The molecule has 0 radical (unpaired) electrons. The van der Waals surface area contributed by atoms with Gasteiger partial charge in [-0.1, -0.05) is 13.8 Å². The number of nitrogens with zero attached hydrogens (tertiary/aromatic N) is 1. The Labute approximate surface area is 76.6 Å². The molecular formula is C10H23NO. The molecule has 12 heavy (non-hydrogen) atoms. The van der Waals surface area contributed by atoms with Gasteiger partial charge in [-0.05, 0) is 27.8 Å². The van der Waals surface area contributed by atoms with E-state index >= 15 is 0 Å². The molecule has 0 fully saturated rings. The molecule has 0 amide bonds. The molecule has 0 spiro atoms. The zero-order valence-electron chi connectivity index (χ0n) is 9.31. The maximum atomic E-state index is 9.08. The van der Waals surface area contributed by atoms with Crippen molar-refractivity contribution in [2.24, 2.45) is 5.41 Å². The highest BCUT2D eigenvalue weighted by Gasteiger charge is 2.24. The molecule has 0 rings (SSSR count). The summed E-state index contributed by atoms with van der Waals surface area (Å²) in [5.41, 5.74) is 0.189. The maximum absolute atomic E-state index is 9.08. The van der Waals surface area contributed by atoms with Gasteiger partial charge in [-0.15, -0.1) is 0 Å². The summed E-state index contributed by atoms with van der Waals surface area (Å²) in [4.78, 5) is 2.27. The van der Waals surface area contributed by atoms with Crippen LogP contribution in [0.1, 0.15) is 34.6 Å². The second kappa shape index (κ2) is 3.75. The Balaban J connectivity index is 4.09. The largest absolute Gasteiger partial charge is 0.396 e. The van der Waals surface area contributed by atoms with Crippen LogP contribution in [0.3, 0.4) is 0 Å². The fourth-order valence-electron chi connectivity index (χ4n) is 0.929. The molecule has 0 saturated heterocycles. The molecular weight excluding hydrogens is 150 g/mol. The quantitative estimate of drug-likeness (QED) is 0.702. The summed E-state index contributed by atoms with van der Waals surface area (Å²) in [7, 11) is 2.09. The Hall–Kier alpha value is -0.0800. The minimum absolute atomic E-state index is 0.00201. The predicted molar refractivity (Wildman–Crippen MR) is 53.2 cm³/mol. The summed E-state index contributed by atoms with van der Waals surface area (Å²) in [5, 5.41) is 9.08. The van der Waals surface area contributed by atoms with E-state index in [1.165, 1.54) is 0 Å². The van der Waals surface area contributed by atoms with E-state index in [4.69, 9.17) is 5.11 Å². The van der Waals surface area contributed by atoms with Gasteiger partial charge in [0, 0.05) is 24.1 Å². The van der Waals surface area contributed by atoms with Gasteiger partial charge in [0.25, 0.3) is 0 Å². The summed E-state index contributed by atoms with van der Waals surface area (Å²) >= 11 is 0. The van der Waals surface area contributed by atoms with Crippen LogP contribution in [0.15, 0.2) is 0 Å². The van der Waals surface area contributed by atoms with Gasteiger partial charge in [-0.25, -0.2) is 0 Å². The van der Waals surface area contributed by atoms with Gasteiger partial charge >= 0.3 is 0 Å². The molecule has 0 aliphatic rings. The molecule has 2 heteroatoms. The molecule has 0 aliphatic heterocycles. The summed E-state index contributed by atoms with van der Waals surface area (Å²) in [6.45, 7) is 11.9. The lowest BCUT2D eigenvalue weighted by Gasteiger charge is -2.37. The first-order valence-electron chi connectivity index (χ1n) is 4.51. The van der Waals surface area contributed by atoms with Crippen molar-refractivity contribution in [3.05, 3.63) is 0 Å². The van der Waals surface area contributed by atoms with Crippen LogP contribution in [0, 0.1) is 5.41 Å². The van der Waals surface area contributed by atoms with Crippen molar-refractivity contribution >= 4 is 0 Å². The first-order valence-corrected chi connectivity index (χ1v) is 4.51. The van der Waals surface area contributed by atoms with Crippen molar-refractivity contribution in [2.45, 2.75) is 40.2 Å². The van der Waals surface area contributed by atoms with Gasteiger partial charge in [-0.2, -0.15) is 0 Å². The van der Waals surface area contributed by atoms with Crippen LogP contribution < -0.4 is 0 Å². The zero-order valence-corrected chi connectivity index (χ0v) is 9.31. The average molecular weight is 173 g/mol. The first-order chi connectivity index (χ1) is 5.19. The van der Waals surface area contributed by atoms with Crippen molar-refractivity contribution in [2.75, 3.05) is 20.2 Å². The lowest BCUT2D eigenvalue weighted by atomic mass is 9.92. The zero-order chi connectivity index (χ0) is 9.99. The Morgan fingerprint density at radius 2 is 1.50 bits per heavy atom. The monoisotopic (exact) mass is 173 g/mol. The minimum Gasteiger partial charge on any atom is -0.396 e. The lowest BCUT2D eigenvalue weighted by Crippen LogP contribution is -2.44. The Bertz CT molecular complexity index is 135. The molecule has 74 valence electrons. The van der Waals surface area contributed by atoms with Gasteiger partial charge < -0.3 is 10.0 Å². The van der Waals surface area contributed by atoms with E-state index in [9.17, 15) is 0 Å². The summed E-state index contributed by atoms with van der Waals surface area (Å²) in [5.74, 6) is 0. The topological polar surface area (TPSA) is 23.5 Å². The van der Waals surface area contributed by atoms with Crippen LogP contribution in [-0.2, 0) is 0 Å². The first kappa shape index (κ1) is 11.9. The fraction of sp³-hybridized carbons (Fsp3) is 1.00. The van der Waals surface area contributed by atoms with E-state index in [1.54, 1.807) is 0 Å². The van der Waals surface area contributed by atoms with E-state index in [0.29, 0.717) is 0 Å². The summed E-state index contributed by atoms with van der Waals surface area (Å²) in [6.07, 6.45) is 0. The van der Waals surface area contributed by atoms with E-state index in [-0.39, 0.29) is 17.6 Å². The van der Waals surface area contributed by atoms with Gasteiger partial charge in [0.2, 0.25) is 0 Å². The molecule has 0 atom stereocenters. The molecule has 1 N–H and O–H groups in total. The molecule has 0 saturated carbocycles. The third kappa shape index (κ3) is 4.07. The Morgan fingerprint density at radius 3 is 1.75 bits per heavy atom. The highest BCUT2D eigenvalue weighted by Crippen LogP contribution is 2.20. The second-order valence-corrected chi connectivity index (χ2v) is 5.35. The molecule has 0 aromatic carbocycles. The highest BCUT2D eigenvalue weighted by molar-refractivity contribution is 4.79. The number of aliphatic hydroxyl groups is 1. The van der Waals surface area contributed by atoms with Crippen LogP contribution in [0.25, 0.3) is 0 Å². The predicted octanol–water partition coefficient (Wildman–Crippen LogP) is 1.74. The standard InChI is InChI=1S/C10H23NO/c1-9(2,3)11(6)7-10(4,5)8-12/h12H,7-8H2,1-6H3. The Morgan fingerprint density at radius 1 is 1.08 bits per heavy atom. The number of hydrogen-bond donors (Lipinski definition) is 1. The molecule has 2 nitrogen and oxygen atoms in total. The molecule has 0 unspecified atom stereocenters. The van der Waals surface area contributed by atoms with Crippen molar-refractivity contribution in [1.82, 2.24) is 4.90 Å². The van der Waals surface area contributed by atoms with Crippen molar-refractivity contribution in [3.8, 4) is 0 Å². The maximum Gasteiger partial charge on any atom is 0.0494 e. The van der Waals surface area contributed by atoms with Crippen molar-refractivity contribution in [3.63, 3.8) is 0 Å². The SMILES string of the molecule is CN(CC(C)(C)CO)C(C)(C)C. The van der Waals surface area contributed by atoms with E-state index in [0.717, 1.165) is 6.54 Å². The number of rotatable bonds is 3. The van der Waals surface area contributed by atoms with Gasteiger partial charge in [0.15, 0.2) is 0 Å². The number of hydrogen-bond acceptors (Lipinski definition) is 2. The normalized spacial score (nSPS) is 14.0. The Kier molecular flexibility index (Phi) is 3.73. The molecule has 0 bridgehead atoms. The average Bonchev–Trinajstić information content (AvgIpc) is 1.85. The number of aliphatic hydroxyl groups excluding tert-OH is 1. The van der Waals surface area contributed by atoms with Gasteiger partial charge in [-0.3, -0.25) is 0 Å². The van der Waals surface area contributed by atoms with Crippen LogP contribution in [-0.4, -0.2) is 35.7 Å². The van der Waals surface area contributed by atoms with Gasteiger partial charge in [0.05, 0.1) is 0 Å². The summed E-state index contributed by atoms with van der Waals surface area (Å²) < 4.78 is 0. The van der Waals surface area contributed by atoms with Crippen LogP contribution in [0.5, 0.6) is 0 Å². The van der Waals surface area contributed by atoms with Crippen molar-refractivity contribution in [1.29, 1.82) is 0 Å². The summed E-state index contributed by atoms with van der Waals surface area (Å²) in [6, 6.07) is 0. The van der Waals surface area contributed by atoms with Crippen LogP contribution >= 0.6 is 0 Å². The van der Waals surface area contributed by atoms with Crippen LogP contribution in [0.2, 0.25) is 0 Å². The molecule has 0 heterocycles. The third-order valence-electron chi connectivity index (χ3n) is 2.24. The van der Waals surface area contributed by atoms with Gasteiger partial charge in [0.1, 0.15) is 0 Å². The molecule has 0 aromatic rings. The lowest BCUT2D eigenvalue weighted by molar-refractivity contribution is 0.0713. The fourth-order valence-corrected chi connectivity index (χ4v) is 0.929. The van der Waals surface area contributed by atoms with Crippen molar-refractivity contribution < 1.29 is 5.11 Å². The molecule has 0 aromatic heterocycles. The van der Waals surface area contributed by atoms with Crippen LogP contribution in [0.4, 0.5) is 0 Å². The smallest absolute Gasteiger partial charge is 0.0494 e. The van der Waals surface area contributed by atoms with E-state index in [2.05, 4.69) is 46.6 Å². The molecule has 0 aliphatic carbocycles. The van der Waals surface area contributed by atoms with E-state index in [1.807, 2.05) is 0 Å².